The van der Waals surface area contributed by atoms with Crippen molar-refractivity contribution in [1.29, 1.82) is 0 Å². The molecule has 21 heavy (non-hydrogen) atoms. The van der Waals surface area contributed by atoms with E-state index in [-0.39, 0.29) is 17.3 Å². The van der Waals surface area contributed by atoms with Gasteiger partial charge >= 0.3 is 0 Å². The van der Waals surface area contributed by atoms with Gasteiger partial charge in [-0.2, -0.15) is 0 Å². The Labute approximate surface area is 122 Å². The van der Waals surface area contributed by atoms with Crippen LogP contribution in [-0.2, 0) is 24.3 Å². The van der Waals surface area contributed by atoms with Crippen LogP contribution in [0.25, 0.3) is 0 Å². The number of hydrogen-bond acceptors (Lipinski definition) is 5. The molecule has 0 fully saturated rings. The summed E-state index contributed by atoms with van der Waals surface area (Å²) in [6.07, 6.45) is 1.23. The minimum absolute atomic E-state index is 0.0410. The number of carbonyl (C=O) groups is 1. The van der Waals surface area contributed by atoms with Crippen molar-refractivity contribution in [1.82, 2.24) is 0 Å². The first-order valence-electron chi connectivity index (χ1n) is 6.19. The smallest absolute Gasteiger partial charge is 0.294 e. The molecule has 1 amide bonds. The zero-order valence-corrected chi connectivity index (χ0v) is 12.5. The summed E-state index contributed by atoms with van der Waals surface area (Å²) in [5.41, 5.74) is 1.80. The van der Waals surface area contributed by atoms with E-state index >= 15 is 0 Å². The van der Waals surface area contributed by atoms with E-state index in [4.69, 9.17) is 14.6 Å². The van der Waals surface area contributed by atoms with Gasteiger partial charge in [-0.1, -0.05) is 0 Å². The van der Waals surface area contributed by atoms with Crippen LogP contribution in [-0.4, -0.2) is 27.5 Å². The maximum atomic E-state index is 12.0. The fraction of sp³-hybridized carbons (Fsp3) is 0.308. The summed E-state index contributed by atoms with van der Waals surface area (Å²) in [4.78, 5) is 12.0. The number of nitrogens with two attached hydrogens (primary N) is 1. The molecule has 0 saturated heterocycles. The number of carbonyl (C=O) groups excluding carboxylic acids is 1. The van der Waals surface area contributed by atoms with E-state index in [1.54, 1.807) is 13.8 Å². The number of benzene rings is 1. The predicted octanol–water partition coefficient (Wildman–Crippen LogP) is 0.778. The first-order chi connectivity index (χ1) is 9.79. The van der Waals surface area contributed by atoms with E-state index in [1.807, 2.05) is 0 Å². The van der Waals surface area contributed by atoms with Gasteiger partial charge in [0, 0.05) is 5.69 Å². The number of sulfonamides is 1. The van der Waals surface area contributed by atoms with Crippen molar-refractivity contribution in [2.75, 3.05) is 18.5 Å². The number of rotatable bonds is 3. The molecule has 2 rings (SSSR count). The highest BCUT2D eigenvalue weighted by Crippen LogP contribution is 2.24. The number of hydrogen-bond donors (Lipinski definition) is 2. The van der Waals surface area contributed by atoms with E-state index in [9.17, 15) is 13.2 Å². The highest BCUT2D eigenvalue weighted by molar-refractivity contribution is 7.89. The molecule has 1 heterocycles. The van der Waals surface area contributed by atoms with Gasteiger partial charge in [-0.15, -0.1) is 0 Å². The van der Waals surface area contributed by atoms with Gasteiger partial charge in [-0.25, -0.2) is 13.6 Å². The van der Waals surface area contributed by atoms with E-state index in [0.29, 0.717) is 17.9 Å². The zero-order chi connectivity index (χ0) is 15.6. The van der Waals surface area contributed by atoms with E-state index in [1.165, 1.54) is 18.4 Å². The summed E-state index contributed by atoms with van der Waals surface area (Å²) in [5, 5.41) is 7.72. The fourth-order valence-electron chi connectivity index (χ4n) is 1.79. The number of ether oxygens (including phenoxy) is 2. The monoisotopic (exact) mass is 312 g/mol. The van der Waals surface area contributed by atoms with Gasteiger partial charge in [0.25, 0.3) is 5.91 Å². The summed E-state index contributed by atoms with van der Waals surface area (Å²) < 4.78 is 33.1. The van der Waals surface area contributed by atoms with Crippen molar-refractivity contribution in [3.8, 4) is 0 Å². The molecule has 0 radical (unpaired) electrons. The van der Waals surface area contributed by atoms with Gasteiger partial charge in [-0.3, -0.25) is 4.79 Å². The predicted molar refractivity (Wildman–Crippen MR) is 75.9 cm³/mol. The largest absolute Gasteiger partial charge is 0.494 e. The minimum Gasteiger partial charge on any atom is -0.494 e. The van der Waals surface area contributed by atoms with E-state index in [2.05, 4.69) is 5.32 Å². The normalized spacial score (nSPS) is 14.7. The Bertz CT molecular complexity index is 710. The van der Waals surface area contributed by atoms with Crippen LogP contribution in [0.3, 0.4) is 0 Å². The molecule has 8 heteroatoms. The quantitative estimate of drug-likeness (QED) is 0.857. The van der Waals surface area contributed by atoms with Crippen molar-refractivity contribution in [2.24, 2.45) is 5.14 Å². The molecule has 0 atom stereocenters. The van der Waals surface area contributed by atoms with Crippen LogP contribution in [0.1, 0.15) is 11.1 Å². The summed E-state index contributed by atoms with van der Waals surface area (Å²) >= 11 is 0. The lowest BCUT2D eigenvalue weighted by molar-refractivity contribution is -0.117. The number of primary sulfonamides is 1. The van der Waals surface area contributed by atoms with Crippen LogP contribution in [0, 0.1) is 13.8 Å². The average molecular weight is 312 g/mol. The molecular formula is C13H16N2O5S. The molecule has 1 aromatic carbocycles. The molecule has 7 nitrogen and oxygen atoms in total. The number of amides is 1. The highest BCUT2D eigenvalue weighted by atomic mass is 32.2. The molecule has 1 aliphatic heterocycles. The van der Waals surface area contributed by atoms with Crippen LogP contribution in [0.4, 0.5) is 5.69 Å². The third-order valence-corrected chi connectivity index (χ3v) is 3.98. The second-order valence-electron chi connectivity index (χ2n) is 4.61. The van der Waals surface area contributed by atoms with Crippen LogP contribution >= 0.6 is 0 Å². The Morgan fingerprint density at radius 2 is 2.00 bits per heavy atom. The van der Waals surface area contributed by atoms with Crippen molar-refractivity contribution >= 4 is 21.6 Å². The highest BCUT2D eigenvalue weighted by Gasteiger charge is 2.18. The summed E-state index contributed by atoms with van der Waals surface area (Å²) in [6.45, 7) is 4.17. The third-order valence-electron chi connectivity index (χ3n) is 3.09. The summed E-state index contributed by atoms with van der Waals surface area (Å²) in [7, 11) is -3.85. The van der Waals surface area contributed by atoms with E-state index in [0.717, 1.165) is 5.56 Å². The molecule has 0 aliphatic carbocycles. The Morgan fingerprint density at radius 3 is 2.57 bits per heavy atom. The number of anilines is 1. The van der Waals surface area contributed by atoms with Crippen molar-refractivity contribution in [3.05, 3.63) is 35.3 Å². The molecule has 3 N–H and O–H groups in total. The van der Waals surface area contributed by atoms with Crippen LogP contribution in [0.15, 0.2) is 29.0 Å². The maximum Gasteiger partial charge on any atom is 0.294 e. The summed E-state index contributed by atoms with van der Waals surface area (Å²) in [5.74, 6) is -0.469. The minimum atomic E-state index is -3.85. The van der Waals surface area contributed by atoms with E-state index < -0.39 is 15.9 Å². The van der Waals surface area contributed by atoms with Crippen LogP contribution < -0.4 is 10.5 Å². The topological polar surface area (TPSA) is 108 Å². The molecule has 0 spiro atoms. The van der Waals surface area contributed by atoms with Crippen molar-refractivity contribution in [2.45, 2.75) is 18.7 Å². The van der Waals surface area contributed by atoms with Crippen LogP contribution in [0.2, 0.25) is 0 Å². The molecule has 1 aliphatic rings. The van der Waals surface area contributed by atoms with Gasteiger partial charge < -0.3 is 14.8 Å². The SMILES string of the molecule is Cc1cc(S(N)(=O)=O)cc(NC(=O)C2=COCCO2)c1C. The molecular weight excluding hydrogens is 296 g/mol. The Hall–Kier alpha value is -2.06. The molecule has 0 aromatic heterocycles. The summed E-state index contributed by atoms with van der Waals surface area (Å²) in [6, 6.07) is 2.78. The third kappa shape index (κ3) is 3.53. The van der Waals surface area contributed by atoms with Gasteiger partial charge in [-0.05, 0) is 37.1 Å². The second-order valence-corrected chi connectivity index (χ2v) is 6.17. The Kier molecular flexibility index (Phi) is 4.19. The average Bonchev–Trinajstić information content (AvgIpc) is 2.43. The van der Waals surface area contributed by atoms with Gasteiger partial charge in [0.1, 0.15) is 19.5 Å². The van der Waals surface area contributed by atoms with Gasteiger partial charge in [0.05, 0.1) is 4.90 Å². The van der Waals surface area contributed by atoms with Gasteiger partial charge in [0.2, 0.25) is 15.8 Å². The first-order valence-corrected chi connectivity index (χ1v) is 7.73. The fourth-order valence-corrected chi connectivity index (χ4v) is 2.41. The van der Waals surface area contributed by atoms with Gasteiger partial charge in [0.15, 0.2) is 0 Å². The lowest BCUT2D eigenvalue weighted by Gasteiger charge is -2.17. The Morgan fingerprint density at radius 1 is 1.29 bits per heavy atom. The molecule has 0 saturated carbocycles. The number of aryl methyl sites for hydroxylation is 1. The van der Waals surface area contributed by atoms with Crippen LogP contribution in [0.5, 0.6) is 0 Å². The standard InChI is InChI=1S/C13H16N2O5S/c1-8-5-10(21(14,17)18)6-11(9(8)2)15-13(16)12-7-19-3-4-20-12/h5-7H,3-4H2,1-2H3,(H,15,16)(H2,14,17,18). The van der Waals surface area contributed by atoms with Crippen molar-refractivity contribution < 1.29 is 22.7 Å². The molecule has 0 unspecified atom stereocenters. The maximum absolute atomic E-state index is 12.0. The first kappa shape index (κ1) is 15.3. The lowest BCUT2D eigenvalue weighted by Crippen LogP contribution is -2.22. The Balaban J connectivity index is 2.33. The van der Waals surface area contributed by atoms with Crippen molar-refractivity contribution in [3.63, 3.8) is 0 Å². The number of nitrogens with one attached hydrogen (secondary N) is 1. The molecule has 0 bridgehead atoms. The molecule has 1 aromatic rings. The molecule has 114 valence electrons. The second kappa shape index (κ2) is 5.74. The lowest BCUT2D eigenvalue weighted by atomic mass is 10.1. The zero-order valence-electron chi connectivity index (χ0n) is 11.7.